The van der Waals surface area contributed by atoms with Crippen molar-refractivity contribution in [2.75, 3.05) is 13.7 Å². The molecule has 1 aliphatic carbocycles. The van der Waals surface area contributed by atoms with Crippen molar-refractivity contribution in [3.05, 3.63) is 41.0 Å². The van der Waals surface area contributed by atoms with Crippen molar-refractivity contribution in [3.63, 3.8) is 0 Å². The van der Waals surface area contributed by atoms with Gasteiger partial charge < -0.3 is 19.9 Å². The van der Waals surface area contributed by atoms with Gasteiger partial charge in [-0.25, -0.2) is 0 Å². The van der Waals surface area contributed by atoms with E-state index in [4.69, 9.17) is 4.74 Å². The zero-order valence-electron chi connectivity index (χ0n) is 16.0. The summed E-state index contributed by atoms with van der Waals surface area (Å²) in [7, 11) is 3.72. The first-order valence-corrected chi connectivity index (χ1v) is 9.08. The molecule has 1 aliphatic rings. The van der Waals surface area contributed by atoms with E-state index in [0.29, 0.717) is 13.1 Å². The van der Waals surface area contributed by atoms with Crippen LogP contribution in [-0.2, 0) is 20.1 Å². The van der Waals surface area contributed by atoms with Gasteiger partial charge in [-0.05, 0) is 44.2 Å². The van der Waals surface area contributed by atoms with Gasteiger partial charge in [0, 0.05) is 26.2 Å². The number of nitrogens with one attached hydrogen (secondary N) is 2. The Labute approximate surface area is 154 Å². The third-order valence-electron chi connectivity index (χ3n) is 4.66. The Balaban J connectivity index is 1.56. The number of benzene rings is 1. The summed E-state index contributed by atoms with van der Waals surface area (Å²) in [5.74, 6) is 4.18. The van der Waals surface area contributed by atoms with E-state index in [1.165, 1.54) is 18.4 Å². The molecule has 0 aliphatic heterocycles. The molecular weight excluding hydrogens is 328 g/mol. The third-order valence-corrected chi connectivity index (χ3v) is 4.66. The number of rotatable bonds is 7. The minimum absolute atomic E-state index is 0.565. The maximum Gasteiger partial charge on any atom is 0.191 e. The first kappa shape index (κ1) is 18.2. The van der Waals surface area contributed by atoms with Crippen LogP contribution in [0, 0.1) is 19.8 Å². The van der Waals surface area contributed by atoms with E-state index in [9.17, 15) is 0 Å². The highest BCUT2D eigenvalue weighted by molar-refractivity contribution is 5.79. The number of hydrogen-bond donors (Lipinski definition) is 2. The van der Waals surface area contributed by atoms with Gasteiger partial charge in [0.2, 0.25) is 0 Å². The van der Waals surface area contributed by atoms with Crippen LogP contribution in [0.5, 0.6) is 5.75 Å². The molecular formula is C19H28N6O. The zero-order chi connectivity index (χ0) is 18.5. The molecule has 7 heteroatoms. The standard InChI is InChI=1S/C19H28N6O/c1-13-5-8-16(17(9-13)26-12-15-6-7-15)10-21-19(20-3)22-11-18-24-23-14(2)25(18)4/h5,8-9,15H,6-7,10-12H2,1-4H3,(H2,20,21,22). The highest BCUT2D eigenvalue weighted by Crippen LogP contribution is 2.30. The van der Waals surface area contributed by atoms with E-state index < -0.39 is 0 Å². The number of nitrogens with zero attached hydrogens (tertiary/aromatic N) is 4. The van der Waals surface area contributed by atoms with Crippen LogP contribution in [0.1, 0.15) is 35.6 Å². The molecule has 0 radical (unpaired) electrons. The predicted octanol–water partition coefficient (Wildman–Crippen LogP) is 2.09. The molecule has 0 amide bonds. The number of ether oxygens (including phenoxy) is 1. The van der Waals surface area contributed by atoms with Crippen molar-refractivity contribution >= 4 is 5.96 Å². The Bertz CT molecular complexity index is 778. The summed E-state index contributed by atoms with van der Waals surface area (Å²) in [5.41, 5.74) is 2.34. The maximum atomic E-state index is 6.03. The summed E-state index contributed by atoms with van der Waals surface area (Å²) in [6.07, 6.45) is 2.58. The summed E-state index contributed by atoms with van der Waals surface area (Å²) in [4.78, 5) is 4.28. The van der Waals surface area contributed by atoms with E-state index >= 15 is 0 Å². The molecule has 1 aromatic carbocycles. The molecule has 140 valence electrons. The predicted molar refractivity (Wildman–Crippen MR) is 102 cm³/mol. The molecule has 1 aromatic heterocycles. The van der Waals surface area contributed by atoms with Crippen molar-refractivity contribution in [2.45, 2.75) is 39.8 Å². The SMILES string of the molecule is CN=C(NCc1ccc(C)cc1OCC1CC1)NCc1nnc(C)n1C. The molecule has 7 nitrogen and oxygen atoms in total. The first-order chi connectivity index (χ1) is 12.6. The van der Waals surface area contributed by atoms with Gasteiger partial charge in [-0.1, -0.05) is 12.1 Å². The number of hydrogen-bond acceptors (Lipinski definition) is 4. The molecule has 26 heavy (non-hydrogen) atoms. The molecule has 2 N–H and O–H groups in total. The van der Waals surface area contributed by atoms with Crippen LogP contribution in [0.15, 0.2) is 23.2 Å². The van der Waals surface area contributed by atoms with Crippen LogP contribution in [0.25, 0.3) is 0 Å². The fraction of sp³-hybridized carbons (Fsp3) is 0.526. The second-order valence-electron chi connectivity index (χ2n) is 6.87. The Kier molecular flexibility index (Phi) is 5.75. The Morgan fingerprint density at radius 2 is 2.00 bits per heavy atom. The van der Waals surface area contributed by atoms with Gasteiger partial charge in [-0.3, -0.25) is 4.99 Å². The summed E-state index contributed by atoms with van der Waals surface area (Å²) < 4.78 is 8.00. The summed E-state index contributed by atoms with van der Waals surface area (Å²) in [6, 6.07) is 6.33. The Morgan fingerprint density at radius 3 is 2.65 bits per heavy atom. The lowest BCUT2D eigenvalue weighted by molar-refractivity contribution is 0.296. The van der Waals surface area contributed by atoms with Gasteiger partial charge in [0.1, 0.15) is 11.6 Å². The van der Waals surface area contributed by atoms with E-state index in [1.807, 2.05) is 18.5 Å². The van der Waals surface area contributed by atoms with Crippen LogP contribution in [-0.4, -0.2) is 34.4 Å². The Morgan fingerprint density at radius 1 is 1.23 bits per heavy atom. The van der Waals surface area contributed by atoms with Gasteiger partial charge in [0.15, 0.2) is 11.8 Å². The molecule has 0 saturated heterocycles. The van der Waals surface area contributed by atoms with Crippen LogP contribution in [0.4, 0.5) is 0 Å². The van der Waals surface area contributed by atoms with E-state index in [1.54, 1.807) is 7.05 Å². The fourth-order valence-electron chi connectivity index (χ4n) is 2.60. The quantitative estimate of drug-likeness (QED) is 0.587. The van der Waals surface area contributed by atoms with Crippen molar-refractivity contribution in [2.24, 2.45) is 18.0 Å². The smallest absolute Gasteiger partial charge is 0.191 e. The summed E-state index contributed by atoms with van der Waals surface area (Å²) in [6.45, 7) is 6.05. The normalized spacial score (nSPS) is 14.4. The molecule has 1 fully saturated rings. The van der Waals surface area contributed by atoms with E-state index in [2.05, 4.69) is 50.9 Å². The topological polar surface area (TPSA) is 76.4 Å². The van der Waals surface area contributed by atoms with Crippen LogP contribution >= 0.6 is 0 Å². The summed E-state index contributed by atoms with van der Waals surface area (Å²) in [5, 5.41) is 14.9. The zero-order valence-corrected chi connectivity index (χ0v) is 16.0. The molecule has 0 atom stereocenters. The molecule has 0 unspecified atom stereocenters. The average molecular weight is 356 g/mol. The van der Waals surface area contributed by atoms with Crippen molar-refractivity contribution < 1.29 is 4.74 Å². The van der Waals surface area contributed by atoms with Gasteiger partial charge in [0.25, 0.3) is 0 Å². The average Bonchev–Trinajstić information content (AvgIpc) is 3.41. The van der Waals surface area contributed by atoms with Crippen molar-refractivity contribution in [3.8, 4) is 5.75 Å². The lowest BCUT2D eigenvalue weighted by atomic mass is 10.1. The highest BCUT2D eigenvalue weighted by Gasteiger charge is 2.22. The minimum Gasteiger partial charge on any atom is -0.493 e. The monoisotopic (exact) mass is 356 g/mol. The van der Waals surface area contributed by atoms with Crippen molar-refractivity contribution in [1.29, 1.82) is 0 Å². The first-order valence-electron chi connectivity index (χ1n) is 9.08. The van der Waals surface area contributed by atoms with Gasteiger partial charge in [0.05, 0.1) is 13.2 Å². The lowest BCUT2D eigenvalue weighted by Crippen LogP contribution is -2.37. The number of aryl methyl sites for hydroxylation is 2. The van der Waals surface area contributed by atoms with Crippen molar-refractivity contribution in [1.82, 2.24) is 25.4 Å². The second-order valence-corrected chi connectivity index (χ2v) is 6.87. The van der Waals surface area contributed by atoms with Gasteiger partial charge >= 0.3 is 0 Å². The van der Waals surface area contributed by atoms with Crippen LogP contribution < -0.4 is 15.4 Å². The molecule has 2 aromatic rings. The fourth-order valence-corrected chi connectivity index (χ4v) is 2.60. The van der Waals surface area contributed by atoms with Crippen LogP contribution in [0.2, 0.25) is 0 Å². The number of guanidine groups is 1. The maximum absolute atomic E-state index is 6.03. The largest absolute Gasteiger partial charge is 0.493 e. The molecule has 3 rings (SSSR count). The molecule has 0 bridgehead atoms. The molecule has 1 saturated carbocycles. The third kappa shape index (κ3) is 4.74. The highest BCUT2D eigenvalue weighted by atomic mass is 16.5. The molecule has 1 heterocycles. The lowest BCUT2D eigenvalue weighted by Gasteiger charge is -2.15. The number of aromatic nitrogens is 3. The minimum atomic E-state index is 0.565. The Hall–Kier alpha value is -2.57. The molecule has 0 spiro atoms. The second kappa shape index (κ2) is 8.21. The van der Waals surface area contributed by atoms with Gasteiger partial charge in [-0.2, -0.15) is 0 Å². The van der Waals surface area contributed by atoms with Gasteiger partial charge in [-0.15, -0.1) is 10.2 Å². The van der Waals surface area contributed by atoms with E-state index in [0.717, 1.165) is 41.4 Å². The number of aliphatic imine (C=N–C) groups is 1. The summed E-state index contributed by atoms with van der Waals surface area (Å²) >= 11 is 0. The van der Waals surface area contributed by atoms with E-state index in [-0.39, 0.29) is 0 Å². The van der Waals surface area contributed by atoms with Crippen LogP contribution in [0.3, 0.4) is 0 Å².